The summed E-state index contributed by atoms with van der Waals surface area (Å²) in [5.74, 6) is -1.61. The lowest BCUT2D eigenvalue weighted by molar-refractivity contribution is -0.154. The van der Waals surface area contributed by atoms with Crippen molar-refractivity contribution in [3.8, 4) is 0 Å². The fourth-order valence-electron chi connectivity index (χ4n) is 3.88. The number of aromatic nitrogens is 2. The van der Waals surface area contributed by atoms with E-state index in [4.69, 9.17) is 9.15 Å². The molecule has 2 heterocycles. The summed E-state index contributed by atoms with van der Waals surface area (Å²) in [4.78, 5) is 43.7. The number of nitrogens with zero attached hydrogens (tertiary/aromatic N) is 3. The fourth-order valence-corrected chi connectivity index (χ4v) is 4.60. The zero-order valence-electron chi connectivity index (χ0n) is 16.7. The van der Waals surface area contributed by atoms with E-state index in [1.54, 1.807) is 42.3 Å². The Labute approximate surface area is 177 Å². The van der Waals surface area contributed by atoms with Gasteiger partial charge in [0.25, 0.3) is 5.91 Å². The number of fused-ring (bicyclic) bond motifs is 1. The van der Waals surface area contributed by atoms with Gasteiger partial charge in [0.05, 0.1) is 5.52 Å². The highest BCUT2D eigenvalue weighted by atomic mass is 32.1. The maximum Gasteiger partial charge on any atom is 0.420 e. The molecule has 8 nitrogen and oxygen atoms in total. The van der Waals surface area contributed by atoms with Crippen LogP contribution in [0.15, 0.2) is 45.1 Å². The molecule has 1 atom stereocenters. The molecular weight excluding hydrogens is 406 g/mol. The third-order valence-corrected chi connectivity index (χ3v) is 6.09. The number of esters is 1. The van der Waals surface area contributed by atoms with Gasteiger partial charge in [0, 0.05) is 17.6 Å². The molecule has 3 aromatic rings. The van der Waals surface area contributed by atoms with Gasteiger partial charge in [-0.2, -0.15) is 0 Å². The Bertz CT molecular complexity index is 1080. The molecule has 1 saturated carbocycles. The van der Waals surface area contributed by atoms with Crippen LogP contribution in [0.3, 0.4) is 0 Å². The van der Waals surface area contributed by atoms with Crippen molar-refractivity contribution in [1.29, 1.82) is 0 Å². The highest BCUT2D eigenvalue weighted by molar-refractivity contribution is 7.13. The quantitative estimate of drug-likeness (QED) is 0.558. The molecule has 0 saturated heterocycles. The molecule has 30 heavy (non-hydrogen) atoms. The van der Waals surface area contributed by atoms with Crippen LogP contribution in [-0.2, 0) is 20.9 Å². The van der Waals surface area contributed by atoms with Crippen molar-refractivity contribution in [1.82, 2.24) is 9.55 Å². The monoisotopic (exact) mass is 429 g/mol. The summed E-state index contributed by atoms with van der Waals surface area (Å²) in [5.41, 5.74) is 0.900. The molecule has 1 aliphatic carbocycles. The lowest BCUT2D eigenvalue weighted by Crippen LogP contribution is -2.47. The van der Waals surface area contributed by atoms with Crippen molar-refractivity contribution >= 4 is 39.4 Å². The number of para-hydroxylation sites is 2. The lowest BCUT2D eigenvalue weighted by atomic mass is 9.94. The van der Waals surface area contributed by atoms with E-state index in [0.717, 1.165) is 32.1 Å². The Morgan fingerprint density at radius 2 is 2.07 bits per heavy atom. The summed E-state index contributed by atoms with van der Waals surface area (Å²) < 4.78 is 11.7. The standard InChI is InChI=1S/C21H23N3O5S/c1-14(19(26)24(20-22-11-12-30-20)15-7-3-2-4-8-15)28-18(25)13-23-16-9-5-6-10-17(16)29-21(23)27/h5-6,9-12,14-15H,2-4,7-8,13H2,1H3. The van der Waals surface area contributed by atoms with Crippen LogP contribution in [0.1, 0.15) is 39.0 Å². The minimum absolute atomic E-state index is 0.0546. The number of hydrogen-bond acceptors (Lipinski definition) is 7. The third-order valence-electron chi connectivity index (χ3n) is 5.32. The molecule has 0 radical (unpaired) electrons. The number of hydrogen-bond donors (Lipinski definition) is 0. The number of thiazole rings is 1. The molecule has 2 aromatic heterocycles. The van der Waals surface area contributed by atoms with E-state index in [9.17, 15) is 14.4 Å². The molecule has 4 rings (SSSR count). The van der Waals surface area contributed by atoms with Gasteiger partial charge in [0.2, 0.25) is 0 Å². The minimum Gasteiger partial charge on any atom is -0.451 e. The van der Waals surface area contributed by atoms with Crippen LogP contribution < -0.4 is 10.7 Å². The average molecular weight is 429 g/mol. The van der Waals surface area contributed by atoms with Crippen LogP contribution in [0.5, 0.6) is 0 Å². The van der Waals surface area contributed by atoms with Crippen LogP contribution in [0.25, 0.3) is 11.1 Å². The highest BCUT2D eigenvalue weighted by Crippen LogP contribution is 2.29. The van der Waals surface area contributed by atoms with Crippen LogP contribution >= 0.6 is 11.3 Å². The Kier molecular flexibility index (Phi) is 5.98. The minimum atomic E-state index is -0.989. The predicted octanol–water partition coefficient (Wildman–Crippen LogP) is 3.35. The number of carbonyl (C=O) groups is 2. The number of oxazole rings is 1. The SMILES string of the molecule is CC(OC(=O)Cn1c(=O)oc2ccccc21)C(=O)N(c1nccs1)C1CCCCC1. The van der Waals surface area contributed by atoms with E-state index in [1.807, 2.05) is 5.38 Å². The van der Waals surface area contributed by atoms with Crippen LogP contribution in [-0.4, -0.2) is 33.6 Å². The van der Waals surface area contributed by atoms with Crippen molar-refractivity contribution in [2.45, 2.75) is 57.7 Å². The summed E-state index contributed by atoms with van der Waals surface area (Å²) in [6.07, 6.45) is 5.77. The van der Waals surface area contributed by atoms with Gasteiger partial charge in [-0.15, -0.1) is 11.3 Å². The van der Waals surface area contributed by atoms with Crippen molar-refractivity contribution in [2.75, 3.05) is 4.90 Å². The Morgan fingerprint density at radius 1 is 1.30 bits per heavy atom. The molecule has 1 amide bonds. The van der Waals surface area contributed by atoms with Gasteiger partial charge in [-0.25, -0.2) is 9.78 Å². The normalized spacial score (nSPS) is 15.8. The topological polar surface area (TPSA) is 94.6 Å². The summed E-state index contributed by atoms with van der Waals surface area (Å²) in [7, 11) is 0. The molecule has 1 aromatic carbocycles. The maximum atomic E-state index is 13.2. The van der Waals surface area contributed by atoms with E-state index in [-0.39, 0.29) is 18.5 Å². The second kappa shape index (κ2) is 8.83. The largest absolute Gasteiger partial charge is 0.451 e. The van der Waals surface area contributed by atoms with Crippen LogP contribution in [0, 0.1) is 0 Å². The van der Waals surface area contributed by atoms with Gasteiger partial charge >= 0.3 is 11.7 Å². The molecule has 0 spiro atoms. The Morgan fingerprint density at radius 3 is 2.80 bits per heavy atom. The molecule has 1 fully saturated rings. The van der Waals surface area contributed by atoms with Crippen molar-refractivity contribution in [3.63, 3.8) is 0 Å². The highest BCUT2D eigenvalue weighted by Gasteiger charge is 2.33. The zero-order chi connectivity index (χ0) is 21.1. The number of anilines is 1. The number of rotatable bonds is 6. The second-order valence-electron chi connectivity index (χ2n) is 7.37. The van der Waals surface area contributed by atoms with Gasteiger partial charge in [-0.3, -0.25) is 19.1 Å². The first kappa shape index (κ1) is 20.3. The summed E-state index contributed by atoms with van der Waals surface area (Å²) in [6, 6.07) is 6.89. The van der Waals surface area contributed by atoms with E-state index < -0.39 is 17.8 Å². The smallest absolute Gasteiger partial charge is 0.420 e. The second-order valence-corrected chi connectivity index (χ2v) is 8.24. The first-order valence-electron chi connectivity index (χ1n) is 10.0. The zero-order valence-corrected chi connectivity index (χ0v) is 17.5. The molecule has 0 N–H and O–H groups in total. The average Bonchev–Trinajstić information content (AvgIpc) is 3.37. The van der Waals surface area contributed by atoms with Crippen molar-refractivity contribution < 1.29 is 18.7 Å². The van der Waals surface area contributed by atoms with Gasteiger partial charge < -0.3 is 9.15 Å². The van der Waals surface area contributed by atoms with Gasteiger partial charge in [-0.05, 0) is 31.9 Å². The molecule has 1 aliphatic rings. The van der Waals surface area contributed by atoms with Crippen molar-refractivity contribution in [2.24, 2.45) is 0 Å². The Hall–Kier alpha value is -2.94. The first-order valence-corrected chi connectivity index (χ1v) is 10.9. The van der Waals surface area contributed by atoms with Crippen LogP contribution in [0.2, 0.25) is 0 Å². The van der Waals surface area contributed by atoms with Gasteiger partial charge in [-0.1, -0.05) is 31.4 Å². The molecule has 1 unspecified atom stereocenters. The van der Waals surface area contributed by atoms with Gasteiger partial charge in [0.1, 0.15) is 6.54 Å². The number of benzene rings is 1. The van der Waals surface area contributed by atoms with Crippen molar-refractivity contribution in [3.05, 3.63) is 46.4 Å². The number of amides is 1. The van der Waals surface area contributed by atoms with Crippen LogP contribution in [0.4, 0.5) is 5.13 Å². The summed E-state index contributed by atoms with van der Waals surface area (Å²) >= 11 is 1.39. The first-order chi connectivity index (χ1) is 14.5. The molecule has 9 heteroatoms. The Balaban J connectivity index is 1.48. The fraction of sp³-hybridized carbons (Fsp3) is 0.429. The summed E-state index contributed by atoms with van der Waals surface area (Å²) in [5, 5.41) is 2.44. The number of carbonyl (C=O) groups excluding carboxylic acids is 2. The number of ether oxygens (including phenoxy) is 1. The van der Waals surface area contributed by atoms with E-state index >= 15 is 0 Å². The maximum absolute atomic E-state index is 13.2. The molecule has 0 aliphatic heterocycles. The summed E-state index contributed by atoms with van der Waals surface area (Å²) in [6.45, 7) is 1.23. The van der Waals surface area contributed by atoms with Gasteiger partial charge in [0.15, 0.2) is 16.8 Å². The van der Waals surface area contributed by atoms with E-state index in [0.29, 0.717) is 16.2 Å². The third kappa shape index (κ3) is 4.16. The molecule has 0 bridgehead atoms. The predicted molar refractivity (Wildman–Crippen MR) is 113 cm³/mol. The van der Waals surface area contributed by atoms with E-state index in [1.165, 1.54) is 15.9 Å². The molecule has 158 valence electrons. The molecular formula is C21H23N3O5S. The lowest BCUT2D eigenvalue weighted by Gasteiger charge is -2.33. The van der Waals surface area contributed by atoms with E-state index in [2.05, 4.69) is 4.98 Å².